The number of rotatable bonds is 2. The Kier molecular flexibility index (Phi) is 4.08. The number of benzene rings is 2. The predicted octanol–water partition coefficient (Wildman–Crippen LogP) is 1.61. The molecule has 7 heteroatoms. The SMILES string of the molecule is COC(=O)[C@@H]1[C@@H]2C(=O)N(c3cccc(Cl)c3)C(=O)[C@@H]2[C@H]2c3ccccc3C=C[NH+]12. The highest BCUT2D eigenvalue weighted by atomic mass is 35.5. The Morgan fingerprint density at radius 1 is 1.07 bits per heavy atom. The van der Waals surface area contributed by atoms with E-state index in [4.69, 9.17) is 16.3 Å². The molecule has 3 aliphatic heterocycles. The van der Waals surface area contributed by atoms with Gasteiger partial charge in [0.1, 0.15) is 17.9 Å². The van der Waals surface area contributed by atoms with Crippen LogP contribution in [0, 0.1) is 11.8 Å². The first kappa shape index (κ1) is 18.1. The quantitative estimate of drug-likeness (QED) is 0.604. The Bertz CT molecular complexity index is 1080. The minimum Gasteiger partial charge on any atom is -0.465 e. The van der Waals surface area contributed by atoms with E-state index >= 15 is 0 Å². The number of carbonyl (C=O) groups excluding carboxylic acids is 3. The number of anilines is 1. The van der Waals surface area contributed by atoms with E-state index < -0.39 is 23.8 Å². The average Bonchev–Trinajstić information content (AvgIpc) is 3.20. The van der Waals surface area contributed by atoms with Crippen LogP contribution in [0.5, 0.6) is 0 Å². The standard InChI is InChI=1S/C22H17ClN2O4/c1-29-22(28)19-17-16(18-15-8-3-2-5-12(15)9-10-24(18)19)20(26)25(21(17)27)14-7-4-6-13(23)11-14/h2-11,16-19H,1H3/p+1/t16-,17+,18+,19-/m0/s1. The molecule has 0 saturated carbocycles. The van der Waals surface area contributed by atoms with E-state index in [1.165, 1.54) is 12.0 Å². The molecule has 5 rings (SSSR count). The third-order valence-corrected chi connectivity index (χ3v) is 6.38. The van der Waals surface area contributed by atoms with Crippen LogP contribution < -0.4 is 9.80 Å². The van der Waals surface area contributed by atoms with Crippen LogP contribution in [-0.4, -0.2) is 30.9 Å². The number of quaternary nitrogens is 1. The molecular weight excluding hydrogens is 392 g/mol. The molecule has 3 aliphatic rings. The maximum atomic E-state index is 13.5. The third kappa shape index (κ3) is 2.49. The number of amides is 2. The lowest BCUT2D eigenvalue weighted by molar-refractivity contribution is -0.885. The maximum absolute atomic E-state index is 13.5. The molecule has 2 saturated heterocycles. The van der Waals surface area contributed by atoms with Crippen molar-refractivity contribution in [2.24, 2.45) is 11.8 Å². The topological polar surface area (TPSA) is 68.1 Å². The highest BCUT2D eigenvalue weighted by Crippen LogP contribution is 2.44. The third-order valence-electron chi connectivity index (χ3n) is 6.14. The fourth-order valence-corrected chi connectivity index (χ4v) is 5.20. The average molecular weight is 410 g/mol. The summed E-state index contributed by atoms with van der Waals surface area (Å²) in [6.07, 6.45) is 3.80. The molecule has 2 aromatic carbocycles. The molecule has 6 nitrogen and oxygen atoms in total. The first-order valence-electron chi connectivity index (χ1n) is 9.38. The number of carbonyl (C=O) groups is 3. The Morgan fingerprint density at radius 3 is 2.59 bits per heavy atom. The Labute approximate surface area is 172 Å². The monoisotopic (exact) mass is 409 g/mol. The van der Waals surface area contributed by atoms with Gasteiger partial charge in [-0.2, -0.15) is 0 Å². The fourth-order valence-electron chi connectivity index (χ4n) is 5.01. The van der Waals surface area contributed by atoms with Crippen molar-refractivity contribution in [3.8, 4) is 0 Å². The van der Waals surface area contributed by atoms with E-state index in [0.29, 0.717) is 10.7 Å². The van der Waals surface area contributed by atoms with Crippen molar-refractivity contribution >= 4 is 41.1 Å². The van der Waals surface area contributed by atoms with E-state index in [1.54, 1.807) is 24.3 Å². The van der Waals surface area contributed by atoms with E-state index in [-0.39, 0.29) is 17.9 Å². The summed E-state index contributed by atoms with van der Waals surface area (Å²) in [7, 11) is 1.31. The zero-order valence-corrected chi connectivity index (χ0v) is 16.3. The van der Waals surface area contributed by atoms with Crippen molar-refractivity contribution in [1.82, 2.24) is 0 Å². The van der Waals surface area contributed by atoms with Gasteiger partial charge in [-0.25, -0.2) is 9.69 Å². The predicted molar refractivity (Wildman–Crippen MR) is 106 cm³/mol. The summed E-state index contributed by atoms with van der Waals surface area (Å²) in [5.41, 5.74) is 2.37. The number of fused-ring (bicyclic) bond motifs is 5. The smallest absolute Gasteiger partial charge is 0.365 e. The lowest BCUT2D eigenvalue weighted by Gasteiger charge is -2.30. The lowest BCUT2D eigenvalue weighted by Crippen LogP contribution is -3.12. The first-order chi connectivity index (χ1) is 14.0. The minimum atomic E-state index is -0.787. The van der Waals surface area contributed by atoms with Crippen molar-refractivity contribution in [2.45, 2.75) is 12.1 Å². The highest BCUT2D eigenvalue weighted by Gasteiger charge is 2.68. The van der Waals surface area contributed by atoms with Crippen LogP contribution in [0.1, 0.15) is 17.2 Å². The van der Waals surface area contributed by atoms with Crippen molar-refractivity contribution < 1.29 is 24.0 Å². The summed E-state index contributed by atoms with van der Waals surface area (Å²) in [6, 6.07) is 13.3. The second-order valence-electron chi connectivity index (χ2n) is 7.48. The largest absolute Gasteiger partial charge is 0.465 e. The van der Waals surface area contributed by atoms with Gasteiger partial charge in [0, 0.05) is 10.6 Å². The molecule has 146 valence electrons. The fraction of sp³-hybridized carbons (Fsp3) is 0.227. The highest BCUT2D eigenvalue weighted by molar-refractivity contribution is 6.31. The van der Waals surface area contributed by atoms with Crippen LogP contribution in [0.3, 0.4) is 0 Å². The summed E-state index contributed by atoms with van der Waals surface area (Å²) in [5.74, 6) is -2.61. The van der Waals surface area contributed by atoms with E-state index in [9.17, 15) is 14.4 Å². The Balaban J connectivity index is 1.66. The second-order valence-corrected chi connectivity index (χ2v) is 7.92. The lowest BCUT2D eigenvalue weighted by atomic mass is 9.84. The van der Waals surface area contributed by atoms with E-state index in [0.717, 1.165) is 16.0 Å². The summed E-state index contributed by atoms with van der Waals surface area (Å²) in [4.78, 5) is 41.6. The molecule has 0 spiro atoms. The summed E-state index contributed by atoms with van der Waals surface area (Å²) >= 11 is 6.08. The van der Waals surface area contributed by atoms with Gasteiger partial charge in [0.25, 0.3) is 0 Å². The number of imide groups is 1. The molecule has 0 aliphatic carbocycles. The first-order valence-corrected chi connectivity index (χ1v) is 9.75. The van der Waals surface area contributed by atoms with Gasteiger partial charge in [0.2, 0.25) is 17.9 Å². The molecular formula is C22H18ClN2O4+. The molecule has 3 heterocycles. The van der Waals surface area contributed by atoms with Crippen LogP contribution in [0.15, 0.2) is 54.7 Å². The number of ether oxygens (including phenoxy) is 1. The molecule has 2 aromatic rings. The van der Waals surface area contributed by atoms with Crippen LogP contribution in [0.25, 0.3) is 6.08 Å². The van der Waals surface area contributed by atoms with Gasteiger partial charge < -0.3 is 4.74 Å². The van der Waals surface area contributed by atoms with Crippen molar-refractivity contribution in [1.29, 1.82) is 0 Å². The number of methoxy groups -OCH3 is 1. The molecule has 1 N–H and O–H groups in total. The molecule has 2 fully saturated rings. The van der Waals surface area contributed by atoms with Crippen molar-refractivity contribution in [2.75, 3.05) is 12.0 Å². The van der Waals surface area contributed by atoms with Gasteiger partial charge in [-0.1, -0.05) is 41.9 Å². The van der Waals surface area contributed by atoms with Crippen LogP contribution in [-0.2, 0) is 19.1 Å². The van der Waals surface area contributed by atoms with Crippen molar-refractivity contribution in [3.63, 3.8) is 0 Å². The zero-order valence-electron chi connectivity index (χ0n) is 15.5. The van der Waals surface area contributed by atoms with Gasteiger partial charge in [-0.05, 0) is 29.8 Å². The second kappa shape index (κ2) is 6.54. The number of halogens is 1. The van der Waals surface area contributed by atoms with Gasteiger partial charge in [-0.3, -0.25) is 14.5 Å². The number of nitrogens with zero attached hydrogens (tertiary/aromatic N) is 1. The number of hydrogen-bond donors (Lipinski definition) is 1. The van der Waals surface area contributed by atoms with Crippen LogP contribution >= 0.6 is 11.6 Å². The van der Waals surface area contributed by atoms with E-state index in [1.807, 2.05) is 36.5 Å². The Morgan fingerprint density at radius 2 is 1.83 bits per heavy atom. The van der Waals surface area contributed by atoms with Gasteiger partial charge in [0.15, 0.2) is 0 Å². The summed E-state index contributed by atoms with van der Waals surface area (Å²) < 4.78 is 5.03. The van der Waals surface area contributed by atoms with Gasteiger partial charge in [0.05, 0.1) is 19.0 Å². The number of esters is 1. The molecule has 1 unspecified atom stereocenters. The molecule has 2 amide bonds. The zero-order chi connectivity index (χ0) is 20.3. The van der Waals surface area contributed by atoms with Crippen LogP contribution in [0.4, 0.5) is 5.69 Å². The summed E-state index contributed by atoms with van der Waals surface area (Å²) in [6.45, 7) is 0. The van der Waals surface area contributed by atoms with Crippen molar-refractivity contribution in [3.05, 3.63) is 70.9 Å². The number of hydrogen-bond acceptors (Lipinski definition) is 4. The normalized spacial score (nSPS) is 29.4. The number of nitrogens with one attached hydrogen (secondary N) is 1. The van der Waals surface area contributed by atoms with E-state index in [2.05, 4.69) is 0 Å². The minimum absolute atomic E-state index is 0.304. The van der Waals surface area contributed by atoms with Crippen LogP contribution in [0.2, 0.25) is 5.02 Å². The molecule has 5 atom stereocenters. The maximum Gasteiger partial charge on any atom is 0.365 e. The van der Waals surface area contributed by atoms with Gasteiger partial charge in [-0.15, -0.1) is 0 Å². The molecule has 0 radical (unpaired) electrons. The summed E-state index contributed by atoms with van der Waals surface area (Å²) in [5, 5.41) is 0.433. The molecule has 0 aromatic heterocycles. The Hall–Kier alpha value is -2.96. The van der Waals surface area contributed by atoms with Gasteiger partial charge >= 0.3 is 5.97 Å². The molecule has 0 bridgehead atoms. The molecule has 29 heavy (non-hydrogen) atoms.